The van der Waals surface area contributed by atoms with Crippen LogP contribution in [0.1, 0.15) is 12.5 Å². The highest BCUT2D eigenvalue weighted by Gasteiger charge is 2.38. The van der Waals surface area contributed by atoms with Crippen LogP contribution in [0.4, 0.5) is 10.8 Å². The van der Waals surface area contributed by atoms with Gasteiger partial charge in [0.15, 0.2) is 5.13 Å². The van der Waals surface area contributed by atoms with Crippen molar-refractivity contribution in [3.63, 3.8) is 0 Å². The quantitative estimate of drug-likeness (QED) is 0.342. The van der Waals surface area contributed by atoms with Gasteiger partial charge in [-0.25, -0.2) is 4.98 Å². The highest BCUT2D eigenvalue weighted by atomic mass is 32.2. The van der Waals surface area contributed by atoms with Gasteiger partial charge in [0.25, 0.3) is 11.6 Å². The number of nitrogens with zero attached hydrogens (tertiary/aromatic N) is 3. The fourth-order valence-corrected chi connectivity index (χ4v) is 4.26. The molecule has 2 heterocycles. The molecule has 1 aliphatic rings. The third kappa shape index (κ3) is 4.21. The van der Waals surface area contributed by atoms with Gasteiger partial charge in [-0.2, -0.15) is 0 Å². The molecule has 1 aromatic carbocycles. The molecule has 3 rings (SSSR count). The number of amides is 2. The van der Waals surface area contributed by atoms with Crippen LogP contribution in [0.3, 0.4) is 0 Å². The third-order valence-corrected chi connectivity index (χ3v) is 5.65. The molecule has 0 aliphatic carbocycles. The molecule has 1 N–H and O–H groups in total. The van der Waals surface area contributed by atoms with Crippen molar-refractivity contribution in [3.8, 4) is 0 Å². The lowest BCUT2D eigenvalue weighted by molar-refractivity contribution is -0.384. The van der Waals surface area contributed by atoms with E-state index in [4.69, 9.17) is 12.2 Å². The summed E-state index contributed by atoms with van der Waals surface area (Å²) < 4.78 is 0.249. The molecule has 0 saturated carbocycles. The molecule has 1 fully saturated rings. The number of thioether (sulfide) groups is 1. The van der Waals surface area contributed by atoms with Crippen molar-refractivity contribution < 1.29 is 14.5 Å². The summed E-state index contributed by atoms with van der Waals surface area (Å²) >= 11 is 7.57. The minimum absolute atomic E-state index is 0.0737. The molecule has 8 nitrogen and oxygen atoms in total. The molecule has 0 spiro atoms. The van der Waals surface area contributed by atoms with Crippen LogP contribution in [0.2, 0.25) is 0 Å². The Labute approximate surface area is 167 Å². The van der Waals surface area contributed by atoms with E-state index in [0.29, 0.717) is 15.6 Å². The van der Waals surface area contributed by atoms with Crippen LogP contribution in [0.5, 0.6) is 0 Å². The Morgan fingerprint density at radius 1 is 1.48 bits per heavy atom. The number of carbonyl (C=O) groups excluding carboxylic acids is 2. The molecule has 1 aliphatic heterocycles. The van der Waals surface area contributed by atoms with Crippen LogP contribution < -0.4 is 5.32 Å². The Bertz CT molecular complexity index is 958. The van der Waals surface area contributed by atoms with E-state index in [1.165, 1.54) is 40.5 Å². The molecule has 1 atom stereocenters. The average molecular weight is 420 g/mol. The topological polar surface area (TPSA) is 105 Å². The largest absolute Gasteiger partial charge is 0.300 e. The van der Waals surface area contributed by atoms with Crippen molar-refractivity contribution in [1.82, 2.24) is 9.88 Å². The zero-order valence-electron chi connectivity index (χ0n) is 13.8. The van der Waals surface area contributed by atoms with Crippen LogP contribution in [0, 0.1) is 10.1 Å². The van der Waals surface area contributed by atoms with Gasteiger partial charge in [-0.15, -0.1) is 11.3 Å². The van der Waals surface area contributed by atoms with Gasteiger partial charge in [0.1, 0.15) is 10.4 Å². The molecule has 27 heavy (non-hydrogen) atoms. The maximum atomic E-state index is 12.7. The minimum atomic E-state index is -0.822. The average Bonchev–Trinajstić information content (AvgIpc) is 3.23. The number of nitro groups is 1. The van der Waals surface area contributed by atoms with Crippen LogP contribution in [0.25, 0.3) is 6.08 Å². The maximum Gasteiger partial charge on any atom is 0.270 e. The number of carbonyl (C=O) groups is 2. The summed E-state index contributed by atoms with van der Waals surface area (Å²) in [7, 11) is 0. The van der Waals surface area contributed by atoms with Crippen molar-refractivity contribution in [2.45, 2.75) is 13.0 Å². The lowest BCUT2D eigenvalue weighted by Gasteiger charge is -2.21. The van der Waals surface area contributed by atoms with Crippen molar-refractivity contribution in [2.75, 3.05) is 5.32 Å². The number of anilines is 1. The lowest BCUT2D eigenvalue weighted by atomic mass is 10.2. The fraction of sp³-hybridized carbons (Fsp3) is 0.125. The SMILES string of the molecule is CC(C(=O)Nc1nccs1)N1C(=O)/C(=C/c2cccc([N+](=O)[O-])c2)SC1=S. The Hall–Kier alpha value is -2.63. The molecule has 1 saturated heterocycles. The van der Waals surface area contributed by atoms with Crippen molar-refractivity contribution >= 4 is 68.3 Å². The Balaban J connectivity index is 1.79. The smallest absolute Gasteiger partial charge is 0.270 e. The van der Waals surface area contributed by atoms with Crippen molar-refractivity contribution in [1.29, 1.82) is 0 Å². The standard InChI is InChI=1S/C16H12N4O4S3/c1-9(13(21)18-15-17-5-6-26-15)19-14(22)12(27-16(19)25)8-10-3-2-4-11(7-10)20(23)24/h2-9H,1H3,(H,17,18,21)/b12-8-. The summed E-state index contributed by atoms with van der Waals surface area (Å²) in [6.07, 6.45) is 3.09. The first kappa shape index (κ1) is 19.1. The van der Waals surface area contributed by atoms with Gasteiger partial charge < -0.3 is 5.32 Å². The number of thiocarbonyl (C=S) groups is 1. The molecule has 138 valence electrons. The second kappa shape index (κ2) is 7.94. The Kier molecular flexibility index (Phi) is 5.63. The maximum absolute atomic E-state index is 12.7. The number of thiazole rings is 1. The monoisotopic (exact) mass is 420 g/mol. The van der Waals surface area contributed by atoms with Gasteiger partial charge >= 0.3 is 0 Å². The summed E-state index contributed by atoms with van der Waals surface area (Å²) in [6.45, 7) is 1.57. The van der Waals surface area contributed by atoms with E-state index in [-0.39, 0.29) is 10.0 Å². The number of hydrogen-bond donors (Lipinski definition) is 1. The Morgan fingerprint density at radius 3 is 2.93 bits per heavy atom. The first-order valence-corrected chi connectivity index (χ1v) is 9.69. The van der Waals surface area contributed by atoms with Crippen LogP contribution >= 0.6 is 35.3 Å². The van der Waals surface area contributed by atoms with Gasteiger partial charge in [-0.1, -0.05) is 36.1 Å². The van der Waals surface area contributed by atoms with Gasteiger partial charge in [0, 0.05) is 23.7 Å². The predicted octanol–water partition coefficient (Wildman–Crippen LogP) is 3.28. The molecule has 1 aromatic heterocycles. The second-order valence-corrected chi connectivity index (χ2v) is 7.98. The van der Waals surface area contributed by atoms with E-state index in [1.807, 2.05) is 0 Å². The van der Waals surface area contributed by atoms with Crippen LogP contribution in [-0.4, -0.2) is 37.0 Å². The van der Waals surface area contributed by atoms with E-state index in [9.17, 15) is 19.7 Å². The van der Waals surface area contributed by atoms with Crippen molar-refractivity contribution in [2.24, 2.45) is 0 Å². The summed E-state index contributed by atoms with van der Waals surface area (Å²) in [5.41, 5.74) is 0.431. The number of nitrogens with one attached hydrogen (secondary N) is 1. The van der Waals surface area contributed by atoms with E-state index < -0.39 is 22.8 Å². The first-order valence-electron chi connectivity index (χ1n) is 7.58. The summed E-state index contributed by atoms with van der Waals surface area (Å²) in [6, 6.07) is 5.10. The van der Waals surface area contributed by atoms with Gasteiger partial charge in [-0.05, 0) is 18.6 Å². The third-order valence-electron chi connectivity index (χ3n) is 3.63. The minimum Gasteiger partial charge on any atom is -0.300 e. The van der Waals surface area contributed by atoms with Gasteiger partial charge in [-0.3, -0.25) is 24.6 Å². The summed E-state index contributed by atoms with van der Waals surface area (Å²) in [5.74, 6) is -0.823. The highest BCUT2D eigenvalue weighted by molar-refractivity contribution is 8.26. The lowest BCUT2D eigenvalue weighted by Crippen LogP contribution is -2.44. The summed E-state index contributed by atoms with van der Waals surface area (Å²) in [5, 5.41) is 15.7. The number of hydrogen-bond acceptors (Lipinski definition) is 8. The molecule has 2 aromatic rings. The molecule has 0 radical (unpaired) electrons. The second-order valence-electron chi connectivity index (χ2n) is 5.41. The molecule has 11 heteroatoms. The fourth-order valence-electron chi connectivity index (χ4n) is 2.31. The number of nitro benzene ring substituents is 1. The zero-order chi connectivity index (χ0) is 19.6. The van der Waals surface area contributed by atoms with E-state index in [0.717, 1.165) is 11.8 Å². The summed E-state index contributed by atoms with van der Waals surface area (Å²) in [4.78, 5) is 41.0. The van der Waals surface area contributed by atoms with E-state index in [1.54, 1.807) is 24.6 Å². The first-order chi connectivity index (χ1) is 12.9. The van der Waals surface area contributed by atoms with E-state index in [2.05, 4.69) is 10.3 Å². The zero-order valence-corrected chi connectivity index (χ0v) is 16.3. The van der Waals surface area contributed by atoms with Crippen LogP contribution in [-0.2, 0) is 9.59 Å². The molecule has 1 unspecified atom stereocenters. The normalized spacial score (nSPS) is 16.6. The predicted molar refractivity (Wildman–Crippen MR) is 108 cm³/mol. The molecular weight excluding hydrogens is 408 g/mol. The highest BCUT2D eigenvalue weighted by Crippen LogP contribution is 2.34. The molecule has 0 bridgehead atoms. The van der Waals surface area contributed by atoms with Crippen LogP contribution in [0.15, 0.2) is 40.7 Å². The van der Waals surface area contributed by atoms with E-state index >= 15 is 0 Å². The van der Waals surface area contributed by atoms with Gasteiger partial charge in [0.05, 0.1) is 9.83 Å². The number of non-ortho nitro benzene ring substituents is 1. The Morgan fingerprint density at radius 2 is 2.26 bits per heavy atom. The molecular formula is C16H12N4O4S3. The number of benzene rings is 1. The van der Waals surface area contributed by atoms with Crippen molar-refractivity contribution in [3.05, 3.63) is 56.4 Å². The molecule has 2 amide bonds. The van der Waals surface area contributed by atoms with Gasteiger partial charge in [0.2, 0.25) is 5.91 Å². The number of aromatic nitrogens is 1. The number of rotatable bonds is 5.